The molecule has 1 aromatic heterocycles. The first-order valence-corrected chi connectivity index (χ1v) is 6.21. The second-order valence-corrected chi connectivity index (χ2v) is 4.33. The average Bonchev–Trinajstić information content (AvgIpc) is 2.70. The summed E-state index contributed by atoms with van der Waals surface area (Å²) in [7, 11) is 0. The fourth-order valence-corrected chi connectivity index (χ4v) is 1.95. The molecular formula is C14H12N4O2. The molecule has 3 rings (SSSR count). The summed E-state index contributed by atoms with van der Waals surface area (Å²) >= 11 is 0. The van der Waals surface area contributed by atoms with Crippen molar-refractivity contribution in [3.05, 3.63) is 30.0 Å². The van der Waals surface area contributed by atoms with E-state index in [1.807, 2.05) is 18.2 Å². The normalized spacial score (nSPS) is 13.3. The maximum atomic E-state index is 8.92. The molecule has 0 radical (unpaired) electrons. The molecule has 0 aliphatic carbocycles. The molecule has 2 aromatic rings. The van der Waals surface area contributed by atoms with E-state index in [4.69, 9.17) is 20.5 Å². The standard InChI is InChI=1S/C14H12N4O2/c15-8-10-7-13(16)18-14(17-10)9-2-3-11-12(6-9)20-5-1-4-19-11/h2-3,6-7H,1,4-5H2,(H2,16,17,18). The summed E-state index contributed by atoms with van der Waals surface area (Å²) in [6.07, 6.45) is 0.845. The van der Waals surface area contributed by atoms with Crippen molar-refractivity contribution < 1.29 is 9.47 Å². The Hall–Kier alpha value is -2.81. The number of anilines is 1. The molecule has 0 saturated heterocycles. The number of hydrogen-bond acceptors (Lipinski definition) is 6. The Morgan fingerprint density at radius 2 is 1.90 bits per heavy atom. The van der Waals surface area contributed by atoms with E-state index in [2.05, 4.69) is 9.97 Å². The maximum absolute atomic E-state index is 8.92. The van der Waals surface area contributed by atoms with Crippen LogP contribution in [0.2, 0.25) is 0 Å². The fourth-order valence-electron chi connectivity index (χ4n) is 1.95. The Morgan fingerprint density at radius 1 is 1.10 bits per heavy atom. The number of ether oxygens (including phenoxy) is 2. The van der Waals surface area contributed by atoms with E-state index in [9.17, 15) is 0 Å². The lowest BCUT2D eigenvalue weighted by atomic mass is 10.2. The Bertz CT molecular complexity index is 694. The van der Waals surface area contributed by atoms with Gasteiger partial charge in [0.1, 0.15) is 17.6 Å². The van der Waals surface area contributed by atoms with Gasteiger partial charge in [-0.05, 0) is 18.2 Å². The van der Waals surface area contributed by atoms with Gasteiger partial charge in [0.15, 0.2) is 17.3 Å². The number of nitriles is 1. The highest BCUT2D eigenvalue weighted by Gasteiger charge is 2.13. The molecule has 2 N–H and O–H groups in total. The van der Waals surface area contributed by atoms with E-state index < -0.39 is 0 Å². The van der Waals surface area contributed by atoms with Gasteiger partial charge in [-0.2, -0.15) is 5.26 Å². The quantitative estimate of drug-likeness (QED) is 0.846. The van der Waals surface area contributed by atoms with Gasteiger partial charge >= 0.3 is 0 Å². The van der Waals surface area contributed by atoms with E-state index in [1.54, 1.807) is 6.07 Å². The van der Waals surface area contributed by atoms with E-state index in [0.717, 1.165) is 12.0 Å². The predicted octanol–water partition coefficient (Wildman–Crippen LogP) is 1.76. The lowest BCUT2D eigenvalue weighted by molar-refractivity contribution is 0.297. The van der Waals surface area contributed by atoms with Crippen LogP contribution in [0.15, 0.2) is 24.3 Å². The average molecular weight is 268 g/mol. The number of nitrogen functional groups attached to an aromatic ring is 1. The van der Waals surface area contributed by atoms with E-state index in [0.29, 0.717) is 30.5 Å². The van der Waals surface area contributed by atoms with Crippen LogP contribution in [0.25, 0.3) is 11.4 Å². The minimum absolute atomic E-state index is 0.236. The molecule has 6 nitrogen and oxygen atoms in total. The van der Waals surface area contributed by atoms with E-state index >= 15 is 0 Å². The molecule has 0 atom stereocenters. The summed E-state index contributed by atoms with van der Waals surface area (Å²) in [5.41, 5.74) is 6.65. The first kappa shape index (κ1) is 12.2. The number of fused-ring (bicyclic) bond motifs is 1. The lowest BCUT2D eigenvalue weighted by Gasteiger charge is -2.09. The Labute approximate surface area is 115 Å². The van der Waals surface area contributed by atoms with Gasteiger partial charge in [-0.3, -0.25) is 0 Å². The summed E-state index contributed by atoms with van der Waals surface area (Å²) in [4.78, 5) is 8.29. The molecule has 0 spiro atoms. The lowest BCUT2D eigenvalue weighted by Crippen LogP contribution is -1.99. The van der Waals surface area contributed by atoms with Crippen molar-refractivity contribution in [2.45, 2.75) is 6.42 Å². The van der Waals surface area contributed by atoms with Gasteiger partial charge in [-0.15, -0.1) is 0 Å². The Balaban J connectivity index is 2.05. The van der Waals surface area contributed by atoms with Crippen molar-refractivity contribution in [3.63, 3.8) is 0 Å². The molecule has 0 saturated carbocycles. The highest BCUT2D eigenvalue weighted by atomic mass is 16.5. The third-order valence-electron chi connectivity index (χ3n) is 2.87. The number of hydrogen-bond donors (Lipinski definition) is 1. The van der Waals surface area contributed by atoms with Crippen molar-refractivity contribution in [1.29, 1.82) is 5.26 Å². The number of nitrogens with zero attached hydrogens (tertiary/aromatic N) is 3. The van der Waals surface area contributed by atoms with Gasteiger partial charge < -0.3 is 15.2 Å². The minimum atomic E-state index is 0.236. The Kier molecular flexibility index (Phi) is 3.09. The third-order valence-corrected chi connectivity index (χ3v) is 2.87. The molecular weight excluding hydrogens is 256 g/mol. The molecule has 0 bridgehead atoms. The van der Waals surface area contributed by atoms with Crippen LogP contribution in [-0.4, -0.2) is 23.2 Å². The van der Waals surface area contributed by atoms with Gasteiger partial charge in [0.25, 0.3) is 0 Å². The van der Waals surface area contributed by atoms with Crippen LogP contribution in [0.1, 0.15) is 12.1 Å². The molecule has 100 valence electrons. The molecule has 0 fully saturated rings. The number of nitrogens with two attached hydrogens (primary N) is 1. The van der Waals surface area contributed by atoms with Gasteiger partial charge in [0.2, 0.25) is 0 Å². The van der Waals surface area contributed by atoms with Crippen LogP contribution in [-0.2, 0) is 0 Å². The molecule has 2 heterocycles. The summed E-state index contributed by atoms with van der Waals surface area (Å²) in [6.45, 7) is 1.25. The molecule has 20 heavy (non-hydrogen) atoms. The summed E-state index contributed by atoms with van der Waals surface area (Å²) in [6, 6.07) is 8.84. The zero-order valence-electron chi connectivity index (χ0n) is 10.7. The molecule has 1 aliphatic rings. The van der Waals surface area contributed by atoms with Crippen LogP contribution in [0.3, 0.4) is 0 Å². The van der Waals surface area contributed by atoms with Crippen molar-refractivity contribution in [2.24, 2.45) is 0 Å². The Morgan fingerprint density at radius 3 is 2.70 bits per heavy atom. The number of aromatic nitrogens is 2. The summed E-state index contributed by atoms with van der Waals surface area (Å²) in [5.74, 6) is 2.02. The molecule has 1 aliphatic heterocycles. The van der Waals surface area contributed by atoms with E-state index in [1.165, 1.54) is 6.07 Å². The maximum Gasteiger partial charge on any atom is 0.163 e. The molecule has 0 amide bonds. The largest absolute Gasteiger partial charge is 0.490 e. The number of rotatable bonds is 1. The van der Waals surface area contributed by atoms with Crippen LogP contribution >= 0.6 is 0 Å². The predicted molar refractivity (Wildman–Crippen MR) is 72.2 cm³/mol. The zero-order chi connectivity index (χ0) is 13.9. The summed E-state index contributed by atoms with van der Waals surface area (Å²) < 4.78 is 11.2. The highest BCUT2D eigenvalue weighted by Crippen LogP contribution is 2.33. The SMILES string of the molecule is N#Cc1cc(N)nc(-c2ccc3c(c2)OCCCO3)n1. The van der Waals surface area contributed by atoms with Crippen molar-refractivity contribution in [3.8, 4) is 29.0 Å². The van der Waals surface area contributed by atoms with E-state index in [-0.39, 0.29) is 11.5 Å². The van der Waals surface area contributed by atoms with Gasteiger partial charge in [0.05, 0.1) is 13.2 Å². The second kappa shape index (κ2) is 5.05. The first-order chi connectivity index (χ1) is 9.76. The van der Waals surface area contributed by atoms with Crippen LogP contribution in [0.5, 0.6) is 11.5 Å². The third kappa shape index (κ3) is 2.34. The second-order valence-electron chi connectivity index (χ2n) is 4.33. The van der Waals surface area contributed by atoms with Crippen LogP contribution in [0, 0.1) is 11.3 Å². The highest BCUT2D eigenvalue weighted by molar-refractivity contribution is 5.63. The monoisotopic (exact) mass is 268 g/mol. The summed E-state index contributed by atoms with van der Waals surface area (Å²) in [5, 5.41) is 8.92. The molecule has 6 heteroatoms. The van der Waals surface area contributed by atoms with Crippen molar-refractivity contribution in [1.82, 2.24) is 9.97 Å². The van der Waals surface area contributed by atoms with Crippen molar-refractivity contribution >= 4 is 5.82 Å². The smallest absolute Gasteiger partial charge is 0.163 e. The van der Waals surface area contributed by atoms with Crippen LogP contribution < -0.4 is 15.2 Å². The molecule has 0 unspecified atom stereocenters. The van der Waals surface area contributed by atoms with Gasteiger partial charge in [-0.1, -0.05) is 0 Å². The van der Waals surface area contributed by atoms with Crippen LogP contribution in [0.4, 0.5) is 5.82 Å². The zero-order valence-corrected chi connectivity index (χ0v) is 10.7. The fraction of sp³-hybridized carbons (Fsp3) is 0.214. The van der Waals surface area contributed by atoms with Crippen molar-refractivity contribution in [2.75, 3.05) is 18.9 Å². The molecule has 1 aromatic carbocycles. The minimum Gasteiger partial charge on any atom is -0.490 e. The van der Waals surface area contributed by atoms with Gasteiger partial charge in [-0.25, -0.2) is 9.97 Å². The topological polar surface area (TPSA) is 94.1 Å². The number of benzene rings is 1. The van der Waals surface area contributed by atoms with Gasteiger partial charge in [0, 0.05) is 18.1 Å². The first-order valence-electron chi connectivity index (χ1n) is 6.21.